The van der Waals surface area contributed by atoms with Gasteiger partial charge in [0, 0.05) is 30.0 Å². The molecule has 0 saturated carbocycles. The zero-order valence-corrected chi connectivity index (χ0v) is 12.8. The van der Waals surface area contributed by atoms with Crippen LogP contribution in [0.3, 0.4) is 0 Å². The molecule has 0 fully saturated rings. The molecular weight excluding hydrogens is 316 g/mol. The minimum atomic E-state index is 1.18. The Kier molecular flexibility index (Phi) is 2.44. The van der Waals surface area contributed by atoms with E-state index in [2.05, 4.69) is 71.4 Å². The van der Waals surface area contributed by atoms with Crippen molar-refractivity contribution in [3.05, 3.63) is 58.6 Å². The Morgan fingerprint density at radius 2 is 1.63 bits per heavy atom. The van der Waals surface area contributed by atoms with E-state index in [1.165, 1.54) is 41.0 Å². The van der Waals surface area contributed by atoms with Crippen LogP contribution in [0.15, 0.2) is 53.0 Å². The number of benzene rings is 3. The lowest BCUT2D eigenvalue weighted by Gasteiger charge is -2.02. The second-order valence-corrected chi connectivity index (χ2v) is 6.79. The minimum Gasteiger partial charge on any atom is -0.135 e. The predicted molar refractivity (Wildman–Crippen MR) is 89.3 cm³/mol. The van der Waals surface area contributed by atoms with Crippen LogP contribution in [0.4, 0.5) is 0 Å². The molecule has 0 nitrogen and oxygen atoms in total. The van der Waals surface area contributed by atoms with E-state index in [1.54, 1.807) is 0 Å². The molecule has 92 valence electrons. The standard InChI is InChI=1S/C17H11BrS/c1-10-6-7-16-13(8-10)14-9-15(18)11-4-2-3-5-12(11)17(14)19-16/h2-9H,1H3. The fourth-order valence-electron chi connectivity index (χ4n) is 2.67. The van der Waals surface area contributed by atoms with Crippen LogP contribution < -0.4 is 0 Å². The Hall–Kier alpha value is -1.38. The van der Waals surface area contributed by atoms with Crippen molar-refractivity contribution < 1.29 is 0 Å². The maximum absolute atomic E-state index is 3.71. The summed E-state index contributed by atoms with van der Waals surface area (Å²) in [5, 5.41) is 5.35. The minimum absolute atomic E-state index is 1.18. The van der Waals surface area contributed by atoms with Crippen LogP contribution in [0.2, 0.25) is 0 Å². The molecule has 0 radical (unpaired) electrons. The van der Waals surface area contributed by atoms with Gasteiger partial charge in [-0.1, -0.05) is 51.8 Å². The zero-order chi connectivity index (χ0) is 13.0. The molecule has 0 aliphatic heterocycles. The van der Waals surface area contributed by atoms with E-state index in [9.17, 15) is 0 Å². The van der Waals surface area contributed by atoms with Crippen molar-refractivity contribution in [2.24, 2.45) is 0 Å². The molecule has 0 aliphatic carbocycles. The van der Waals surface area contributed by atoms with E-state index in [0.717, 1.165) is 0 Å². The van der Waals surface area contributed by atoms with Gasteiger partial charge in [-0.3, -0.25) is 0 Å². The summed E-state index contributed by atoms with van der Waals surface area (Å²) in [7, 11) is 0. The second kappa shape index (κ2) is 4.06. The van der Waals surface area contributed by atoms with Crippen molar-refractivity contribution in [1.82, 2.24) is 0 Å². The van der Waals surface area contributed by atoms with Gasteiger partial charge in [0.25, 0.3) is 0 Å². The first-order valence-electron chi connectivity index (χ1n) is 6.24. The lowest BCUT2D eigenvalue weighted by molar-refractivity contribution is 1.52. The summed E-state index contributed by atoms with van der Waals surface area (Å²) in [6.07, 6.45) is 0. The molecule has 3 aromatic carbocycles. The van der Waals surface area contributed by atoms with Crippen LogP contribution in [-0.2, 0) is 0 Å². The molecule has 0 saturated heterocycles. The number of hydrogen-bond acceptors (Lipinski definition) is 1. The second-order valence-electron chi connectivity index (χ2n) is 4.88. The molecule has 4 rings (SSSR count). The number of rotatable bonds is 0. The van der Waals surface area contributed by atoms with Crippen molar-refractivity contribution >= 4 is 58.2 Å². The van der Waals surface area contributed by atoms with Gasteiger partial charge in [0.05, 0.1) is 0 Å². The topological polar surface area (TPSA) is 0 Å². The van der Waals surface area contributed by atoms with E-state index < -0.39 is 0 Å². The molecule has 2 heteroatoms. The van der Waals surface area contributed by atoms with Gasteiger partial charge < -0.3 is 0 Å². The van der Waals surface area contributed by atoms with Gasteiger partial charge in [-0.2, -0.15) is 0 Å². The number of thiophene rings is 1. The Bertz CT molecular complexity index is 934. The van der Waals surface area contributed by atoms with Crippen LogP contribution in [0.1, 0.15) is 5.56 Å². The highest BCUT2D eigenvalue weighted by Crippen LogP contribution is 2.41. The van der Waals surface area contributed by atoms with E-state index in [0.29, 0.717) is 0 Å². The largest absolute Gasteiger partial charge is 0.135 e. The average Bonchev–Trinajstić information content (AvgIpc) is 2.78. The number of halogens is 1. The third-order valence-electron chi connectivity index (χ3n) is 3.58. The summed E-state index contributed by atoms with van der Waals surface area (Å²) in [4.78, 5) is 0. The van der Waals surface area contributed by atoms with Crippen molar-refractivity contribution in [3.63, 3.8) is 0 Å². The Morgan fingerprint density at radius 3 is 2.47 bits per heavy atom. The highest BCUT2D eigenvalue weighted by Gasteiger charge is 2.10. The summed E-state index contributed by atoms with van der Waals surface area (Å²) in [6.45, 7) is 2.15. The molecule has 19 heavy (non-hydrogen) atoms. The third kappa shape index (κ3) is 1.63. The number of aryl methyl sites for hydroxylation is 1. The predicted octanol–water partition coefficient (Wildman–Crippen LogP) is 6.28. The summed E-state index contributed by atoms with van der Waals surface area (Å²) in [5.41, 5.74) is 1.32. The normalized spacial score (nSPS) is 11.7. The molecule has 0 amide bonds. The first-order valence-corrected chi connectivity index (χ1v) is 7.85. The van der Waals surface area contributed by atoms with Crippen LogP contribution in [0.5, 0.6) is 0 Å². The highest BCUT2D eigenvalue weighted by atomic mass is 79.9. The molecule has 0 N–H and O–H groups in total. The van der Waals surface area contributed by atoms with Crippen molar-refractivity contribution in [2.45, 2.75) is 6.92 Å². The van der Waals surface area contributed by atoms with Crippen molar-refractivity contribution in [2.75, 3.05) is 0 Å². The van der Waals surface area contributed by atoms with E-state index in [4.69, 9.17) is 0 Å². The molecule has 0 bridgehead atoms. The maximum Gasteiger partial charge on any atom is 0.0434 e. The fourth-order valence-corrected chi connectivity index (χ4v) is 4.44. The monoisotopic (exact) mass is 326 g/mol. The van der Waals surface area contributed by atoms with Gasteiger partial charge in [-0.25, -0.2) is 0 Å². The molecule has 0 aliphatic rings. The summed E-state index contributed by atoms with van der Waals surface area (Å²) < 4.78 is 3.93. The molecule has 4 aromatic rings. The van der Waals surface area contributed by atoms with E-state index in [-0.39, 0.29) is 0 Å². The average molecular weight is 327 g/mol. The Morgan fingerprint density at radius 1 is 0.842 bits per heavy atom. The number of hydrogen-bond donors (Lipinski definition) is 0. The quantitative estimate of drug-likeness (QED) is 0.357. The Balaban J connectivity index is 2.32. The summed E-state index contributed by atoms with van der Waals surface area (Å²) >= 11 is 5.60. The third-order valence-corrected chi connectivity index (χ3v) is 5.46. The maximum atomic E-state index is 3.71. The molecule has 1 aromatic heterocycles. The lowest BCUT2D eigenvalue weighted by atomic mass is 10.1. The SMILES string of the molecule is Cc1ccc2sc3c4ccccc4c(Br)cc3c2c1. The van der Waals surface area contributed by atoms with Crippen LogP contribution >= 0.6 is 27.3 Å². The highest BCUT2D eigenvalue weighted by molar-refractivity contribution is 9.10. The van der Waals surface area contributed by atoms with Crippen LogP contribution in [0, 0.1) is 6.92 Å². The van der Waals surface area contributed by atoms with E-state index in [1.807, 2.05) is 11.3 Å². The van der Waals surface area contributed by atoms with Crippen LogP contribution in [-0.4, -0.2) is 0 Å². The fraction of sp³-hybridized carbons (Fsp3) is 0.0588. The van der Waals surface area contributed by atoms with Gasteiger partial charge in [0.2, 0.25) is 0 Å². The summed E-state index contributed by atoms with van der Waals surface area (Å²) in [6, 6.07) is 17.6. The van der Waals surface area contributed by atoms with Gasteiger partial charge >= 0.3 is 0 Å². The summed E-state index contributed by atoms with van der Waals surface area (Å²) in [5.74, 6) is 0. The zero-order valence-electron chi connectivity index (χ0n) is 10.4. The van der Waals surface area contributed by atoms with Gasteiger partial charge in [0.1, 0.15) is 0 Å². The molecule has 0 atom stereocenters. The number of fused-ring (bicyclic) bond motifs is 5. The molecule has 0 unspecified atom stereocenters. The molecule has 0 spiro atoms. The first-order chi connectivity index (χ1) is 9.24. The molecular formula is C17H11BrS. The van der Waals surface area contributed by atoms with Gasteiger partial charge in [-0.05, 0) is 30.5 Å². The smallest absolute Gasteiger partial charge is 0.0434 e. The van der Waals surface area contributed by atoms with Gasteiger partial charge in [-0.15, -0.1) is 11.3 Å². The molecule has 1 heterocycles. The first kappa shape index (κ1) is 11.4. The van der Waals surface area contributed by atoms with Crippen molar-refractivity contribution in [3.8, 4) is 0 Å². The van der Waals surface area contributed by atoms with E-state index >= 15 is 0 Å². The lowest BCUT2D eigenvalue weighted by Crippen LogP contribution is -1.76. The van der Waals surface area contributed by atoms with Crippen molar-refractivity contribution in [1.29, 1.82) is 0 Å². The van der Waals surface area contributed by atoms with Crippen LogP contribution in [0.25, 0.3) is 30.9 Å². The van der Waals surface area contributed by atoms with Gasteiger partial charge in [0.15, 0.2) is 0 Å². The Labute approximate surface area is 123 Å².